The molecule has 134 valence electrons. The summed E-state index contributed by atoms with van der Waals surface area (Å²) in [7, 11) is 1.52. The molecule has 0 aliphatic heterocycles. The number of hydrogen-bond acceptors (Lipinski definition) is 6. The number of rotatable bonds is 6. The molecule has 3 aromatic rings. The molecule has 1 heterocycles. The van der Waals surface area contributed by atoms with Crippen molar-refractivity contribution in [3.63, 3.8) is 0 Å². The van der Waals surface area contributed by atoms with Gasteiger partial charge in [-0.25, -0.2) is 9.59 Å². The van der Waals surface area contributed by atoms with Gasteiger partial charge in [0, 0.05) is 27.6 Å². The van der Waals surface area contributed by atoms with Crippen molar-refractivity contribution < 1.29 is 23.4 Å². The minimum absolute atomic E-state index is 0.0586. The smallest absolute Gasteiger partial charge is 0.344 e. The molecule has 1 aromatic heterocycles. The molecule has 26 heavy (non-hydrogen) atoms. The van der Waals surface area contributed by atoms with Gasteiger partial charge >= 0.3 is 11.6 Å². The Bertz CT molecular complexity index is 977. The Labute approximate surface area is 157 Å². The molecule has 0 saturated carbocycles. The summed E-state index contributed by atoms with van der Waals surface area (Å²) in [6, 6.07) is 13.5. The van der Waals surface area contributed by atoms with Crippen LogP contribution in [0, 0.1) is 0 Å². The molecule has 0 unspecified atom stereocenters. The van der Waals surface area contributed by atoms with Crippen molar-refractivity contribution in [2.24, 2.45) is 0 Å². The summed E-state index contributed by atoms with van der Waals surface area (Å²) in [5.74, 6) is 0.587. The molecule has 7 heteroatoms. The molecular weight excluding hydrogens is 404 g/mol. The van der Waals surface area contributed by atoms with Gasteiger partial charge in [-0.3, -0.25) is 0 Å². The third-order valence-corrected chi connectivity index (χ3v) is 4.13. The van der Waals surface area contributed by atoms with Crippen molar-refractivity contribution in [1.29, 1.82) is 0 Å². The van der Waals surface area contributed by atoms with E-state index in [4.69, 9.17) is 18.6 Å². The van der Waals surface area contributed by atoms with E-state index in [2.05, 4.69) is 15.9 Å². The van der Waals surface area contributed by atoms with Crippen LogP contribution >= 0.6 is 15.9 Å². The van der Waals surface area contributed by atoms with Gasteiger partial charge in [0.2, 0.25) is 0 Å². The van der Waals surface area contributed by atoms with E-state index in [1.54, 1.807) is 30.3 Å². The van der Waals surface area contributed by atoms with Gasteiger partial charge in [-0.2, -0.15) is 0 Å². The van der Waals surface area contributed by atoms with Crippen molar-refractivity contribution in [2.45, 2.75) is 6.61 Å². The SMILES string of the molecule is COc1ccc2c(COC(=O)COc3ccc(Br)cc3)cc(=O)oc2c1. The first-order valence-electron chi connectivity index (χ1n) is 7.70. The number of hydrogen-bond donors (Lipinski definition) is 0. The van der Waals surface area contributed by atoms with Crippen molar-refractivity contribution in [1.82, 2.24) is 0 Å². The van der Waals surface area contributed by atoms with Crippen molar-refractivity contribution in [3.8, 4) is 11.5 Å². The fraction of sp³-hybridized carbons (Fsp3) is 0.158. The van der Waals surface area contributed by atoms with Gasteiger partial charge < -0.3 is 18.6 Å². The van der Waals surface area contributed by atoms with E-state index in [0.717, 1.165) is 4.47 Å². The predicted molar refractivity (Wildman–Crippen MR) is 98.5 cm³/mol. The minimum atomic E-state index is -0.539. The average molecular weight is 419 g/mol. The van der Waals surface area contributed by atoms with E-state index in [0.29, 0.717) is 28.0 Å². The van der Waals surface area contributed by atoms with Crippen LogP contribution in [0.1, 0.15) is 5.56 Å². The average Bonchev–Trinajstić information content (AvgIpc) is 2.64. The molecular formula is C19H15BrO6. The Morgan fingerprint density at radius 1 is 1.08 bits per heavy atom. The van der Waals surface area contributed by atoms with E-state index in [1.165, 1.54) is 13.2 Å². The largest absolute Gasteiger partial charge is 0.497 e. The quantitative estimate of drug-likeness (QED) is 0.448. The Morgan fingerprint density at radius 2 is 1.81 bits per heavy atom. The first-order valence-corrected chi connectivity index (χ1v) is 8.49. The van der Waals surface area contributed by atoms with Crippen LogP contribution in [0.3, 0.4) is 0 Å². The van der Waals surface area contributed by atoms with Crippen LogP contribution < -0.4 is 15.1 Å². The first-order chi connectivity index (χ1) is 12.5. The van der Waals surface area contributed by atoms with Crippen LogP contribution in [0.5, 0.6) is 11.5 Å². The normalized spacial score (nSPS) is 10.5. The number of fused-ring (bicyclic) bond motifs is 1. The van der Waals surface area contributed by atoms with E-state index in [1.807, 2.05) is 12.1 Å². The second kappa shape index (κ2) is 8.05. The molecule has 0 spiro atoms. The number of carbonyl (C=O) groups is 1. The van der Waals surface area contributed by atoms with Gasteiger partial charge in [-0.1, -0.05) is 15.9 Å². The molecule has 3 rings (SSSR count). The van der Waals surface area contributed by atoms with Crippen LogP contribution in [0.25, 0.3) is 11.0 Å². The molecule has 0 bridgehead atoms. The first kappa shape index (κ1) is 18.0. The molecule has 0 aliphatic carbocycles. The van der Waals surface area contributed by atoms with Crippen LogP contribution in [-0.4, -0.2) is 19.7 Å². The Hall–Kier alpha value is -2.80. The third kappa shape index (κ3) is 4.43. The minimum Gasteiger partial charge on any atom is -0.497 e. The molecule has 0 amide bonds. The summed E-state index contributed by atoms with van der Waals surface area (Å²) in [6.07, 6.45) is 0. The molecule has 6 nitrogen and oxygen atoms in total. The molecule has 0 N–H and O–H groups in total. The van der Waals surface area contributed by atoms with Crippen LogP contribution in [0.4, 0.5) is 0 Å². The maximum absolute atomic E-state index is 11.9. The fourth-order valence-corrected chi connectivity index (χ4v) is 2.59. The lowest BCUT2D eigenvalue weighted by atomic mass is 10.1. The highest BCUT2D eigenvalue weighted by Gasteiger charge is 2.10. The van der Waals surface area contributed by atoms with Crippen LogP contribution in [0.15, 0.2) is 62.2 Å². The van der Waals surface area contributed by atoms with Crippen molar-refractivity contribution >= 4 is 32.9 Å². The number of halogens is 1. The summed E-state index contributed by atoms with van der Waals surface area (Å²) >= 11 is 3.32. The fourth-order valence-electron chi connectivity index (χ4n) is 2.33. The molecule has 0 fully saturated rings. The highest BCUT2D eigenvalue weighted by molar-refractivity contribution is 9.10. The molecule has 0 saturated heterocycles. The lowest BCUT2D eigenvalue weighted by molar-refractivity contribution is -0.147. The van der Waals surface area contributed by atoms with Crippen LogP contribution in [-0.2, 0) is 16.1 Å². The highest BCUT2D eigenvalue weighted by Crippen LogP contribution is 2.23. The Balaban J connectivity index is 1.66. The summed E-state index contributed by atoms with van der Waals surface area (Å²) < 4.78 is 21.8. The number of ether oxygens (including phenoxy) is 3. The zero-order valence-corrected chi connectivity index (χ0v) is 15.4. The van der Waals surface area contributed by atoms with Crippen molar-refractivity contribution in [2.75, 3.05) is 13.7 Å². The van der Waals surface area contributed by atoms with Gasteiger partial charge in [-0.15, -0.1) is 0 Å². The standard InChI is InChI=1S/C19H15BrO6/c1-23-15-6-7-16-12(8-18(21)26-17(16)9-15)10-25-19(22)11-24-14-4-2-13(20)3-5-14/h2-9H,10-11H2,1H3. The number of esters is 1. The van der Waals surface area contributed by atoms with Gasteiger partial charge in [0.15, 0.2) is 6.61 Å². The Kier molecular flexibility index (Phi) is 5.58. The second-order valence-corrected chi connectivity index (χ2v) is 6.27. The number of benzene rings is 2. The van der Waals surface area contributed by atoms with Gasteiger partial charge in [0.1, 0.15) is 23.7 Å². The highest BCUT2D eigenvalue weighted by atomic mass is 79.9. The number of carbonyl (C=O) groups excluding carboxylic acids is 1. The summed E-state index contributed by atoms with van der Waals surface area (Å²) in [6.45, 7) is -0.286. The van der Waals surface area contributed by atoms with Gasteiger partial charge in [0.05, 0.1) is 7.11 Å². The van der Waals surface area contributed by atoms with Crippen molar-refractivity contribution in [3.05, 3.63) is 69.0 Å². The van der Waals surface area contributed by atoms with Crippen LogP contribution in [0.2, 0.25) is 0 Å². The molecule has 0 radical (unpaired) electrons. The van der Waals surface area contributed by atoms with Gasteiger partial charge in [0.25, 0.3) is 0 Å². The lowest BCUT2D eigenvalue weighted by Gasteiger charge is -2.09. The second-order valence-electron chi connectivity index (χ2n) is 5.36. The Morgan fingerprint density at radius 3 is 2.54 bits per heavy atom. The maximum Gasteiger partial charge on any atom is 0.344 e. The predicted octanol–water partition coefficient (Wildman–Crippen LogP) is 3.69. The van der Waals surface area contributed by atoms with E-state index in [9.17, 15) is 9.59 Å². The van der Waals surface area contributed by atoms with E-state index in [-0.39, 0.29) is 13.2 Å². The summed E-state index contributed by atoms with van der Waals surface area (Å²) in [5.41, 5.74) is 0.396. The molecule has 2 aromatic carbocycles. The summed E-state index contributed by atoms with van der Waals surface area (Å²) in [5, 5.41) is 0.673. The monoisotopic (exact) mass is 418 g/mol. The lowest BCUT2D eigenvalue weighted by Crippen LogP contribution is -2.15. The maximum atomic E-state index is 11.9. The van der Waals surface area contributed by atoms with E-state index >= 15 is 0 Å². The topological polar surface area (TPSA) is 75.0 Å². The zero-order valence-electron chi connectivity index (χ0n) is 13.9. The zero-order chi connectivity index (χ0) is 18.5. The summed E-state index contributed by atoms with van der Waals surface area (Å²) in [4.78, 5) is 23.6. The van der Waals surface area contributed by atoms with E-state index < -0.39 is 11.6 Å². The van der Waals surface area contributed by atoms with Gasteiger partial charge in [-0.05, 0) is 36.4 Å². The molecule has 0 atom stereocenters. The molecule has 0 aliphatic rings. The number of methoxy groups -OCH3 is 1. The third-order valence-electron chi connectivity index (χ3n) is 3.60.